The fraction of sp³-hybridized carbons (Fsp3) is 0.235. The SMILES string of the molecule is c1ccc2c(c1)CCCC2Nc1nnc2ccccc2n1. The molecule has 3 aromatic rings. The Labute approximate surface area is 123 Å². The van der Waals surface area contributed by atoms with Crippen LogP contribution in [0.4, 0.5) is 5.95 Å². The number of nitrogens with zero attached hydrogens (tertiary/aromatic N) is 3. The number of hydrogen-bond donors (Lipinski definition) is 1. The summed E-state index contributed by atoms with van der Waals surface area (Å²) >= 11 is 0. The van der Waals surface area contributed by atoms with Gasteiger partial charge in [0, 0.05) is 0 Å². The molecule has 4 rings (SSSR count). The summed E-state index contributed by atoms with van der Waals surface area (Å²) in [4.78, 5) is 4.56. The lowest BCUT2D eigenvalue weighted by Crippen LogP contribution is -2.18. The first-order valence-corrected chi connectivity index (χ1v) is 7.34. The Bertz CT molecular complexity index is 784. The molecule has 4 nitrogen and oxygen atoms in total. The van der Waals surface area contributed by atoms with Crippen molar-refractivity contribution in [1.29, 1.82) is 0 Å². The van der Waals surface area contributed by atoms with Crippen LogP contribution in [0.15, 0.2) is 48.5 Å². The smallest absolute Gasteiger partial charge is 0.243 e. The molecule has 2 aromatic carbocycles. The van der Waals surface area contributed by atoms with Gasteiger partial charge in [-0.05, 0) is 42.5 Å². The Hall–Kier alpha value is -2.49. The number of para-hydroxylation sites is 1. The molecule has 0 spiro atoms. The van der Waals surface area contributed by atoms with E-state index in [1.807, 2.05) is 24.3 Å². The van der Waals surface area contributed by atoms with Crippen molar-refractivity contribution >= 4 is 17.0 Å². The zero-order valence-electron chi connectivity index (χ0n) is 11.7. The molecule has 1 unspecified atom stereocenters. The Balaban J connectivity index is 1.66. The summed E-state index contributed by atoms with van der Waals surface area (Å²) in [5.41, 5.74) is 4.49. The minimum absolute atomic E-state index is 0.276. The molecule has 0 aliphatic heterocycles. The van der Waals surface area contributed by atoms with Gasteiger partial charge in [-0.1, -0.05) is 36.4 Å². The number of anilines is 1. The van der Waals surface area contributed by atoms with Crippen LogP contribution in [0.2, 0.25) is 0 Å². The summed E-state index contributed by atoms with van der Waals surface area (Å²) in [5.74, 6) is 0.607. The van der Waals surface area contributed by atoms with Crippen LogP contribution >= 0.6 is 0 Å². The number of fused-ring (bicyclic) bond motifs is 2. The van der Waals surface area contributed by atoms with Crippen LogP contribution in [0.5, 0.6) is 0 Å². The van der Waals surface area contributed by atoms with E-state index in [4.69, 9.17) is 0 Å². The molecule has 4 heteroatoms. The molecule has 1 N–H and O–H groups in total. The first-order chi connectivity index (χ1) is 10.4. The van der Waals surface area contributed by atoms with E-state index in [1.54, 1.807) is 0 Å². The van der Waals surface area contributed by atoms with E-state index in [9.17, 15) is 0 Å². The summed E-state index contributed by atoms with van der Waals surface area (Å²) in [5, 5.41) is 11.9. The van der Waals surface area contributed by atoms with Gasteiger partial charge in [0.2, 0.25) is 5.95 Å². The molecule has 0 saturated carbocycles. The second kappa shape index (κ2) is 5.13. The van der Waals surface area contributed by atoms with Crippen LogP contribution in [-0.4, -0.2) is 15.2 Å². The van der Waals surface area contributed by atoms with Gasteiger partial charge in [0.15, 0.2) is 0 Å². The Morgan fingerprint density at radius 3 is 2.67 bits per heavy atom. The predicted molar refractivity (Wildman–Crippen MR) is 83.1 cm³/mol. The van der Waals surface area contributed by atoms with Gasteiger partial charge < -0.3 is 5.32 Å². The molecule has 0 fully saturated rings. The zero-order valence-corrected chi connectivity index (χ0v) is 11.7. The molecule has 21 heavy (non-hydrogen) atoms. The fourth-order valence-corrected chi connectivity index (χ4v) is 3.00. The zero-order chi connectivity index (χ0) is 14.1. The quantitative estimate of drug-likeness (QED) is 0.778. The van der Waals surface area contributed by atoms with Crippen LogP contribution in [0.3, 0.4) is 0 Å². The molecule has 104 valence electrons. The fourth-order valence-electron chi connectivity index (χ4n) is 3.00. The van der Waals surface area contributed by atoms with Gasteiger partial charge in [-0.2, -0.15) is 0 Å². The van der Waals surface area contributed by atoms with E-state index in [0.29, 0.717) is 5.95 Å². The van der Waals surface area contributed by atoms with Gasteiger partial charge in [-0.25, -0.2) is 4.98 Å². The summed E-state index contributed by atoms with van der Waals surface area (Å²) < 4.78 is 0. The highest BCUT2D eigenvalue weighted by molar-refractivity contribution is 5.74. The molecule has 1 heterocycles. The largest absolute Gasteiger partial charge is 0.346 e. The first-order valence-electron chi connectivity index (χ1n) is 7.34. The third kappa shape index (κ3) is 2.33. The van der Waals surface area contributed by atoms with Crippen molar-refractivity contribution in [3.63, 3.8) is 0 Å². The lowest BCUT2D eigenvalue weighted by molar-refractivity contribution is 0.595. The number of benzene rings is 2. The van der Waals surface area contributed by atoms with Crippen molar-refractivity contribution in [3.05, 3.63) is 59.7 Å². The number of rotatable bonds is 2. The molecule has 0 amide bonds. The van der Waals surface area contributed by atoms with E-state index in [2.05, 4.69) is 44.8 Å². The van der Waals surface area contributed by atoms with Crippen LogP contribution in [0, 0.1) is 0 Å². The van der Waals surface area contributed by atoms with Crippen LogP contribution < -0.4 is 5.32 Å². The summed E-state index contributed by atoms with van der Waals surface area (Å²) in [6.07, 6.45) is 3.45. The minimum atomic E-state index is 0.276. The van der Waals surface area contributed by atoms with Crippen molar-refractivity contribution in [2.45, 2.75) is 25.3 Å². The summed E-state index contributed by atoms with van der Waals surface area (Å²) in [6.45, 7) is 0. The molecular formula is C17H16N4. The van der Waals surface area contributed by atoms with Crippen LogP contribution in [-0.2, 0) is 6.42 Å². The highest BCUT2D eigenvalue weighted by Gasteiger charge is 2.20. The van der Waals surface area contributed by atoms with E-state index in [1.165, 1.54) is 17.5 Å². The monoisotopic (exact) mass is 276 g/mol. The highest BCUT2D eigenvalue weighted by Crippen LogP contribution is 2.31. The molecule has 1 aliphatic rings. The van der Waals surface area contributed by atoms with E-state index >= 15 is 0 Å². The predicted octanol–water partition coefficient (Wildman–Crippen LogP) is 3.51. The molecule has 1 aliphatic carbocycles. The lowest BCUT2D eigenvalue weighted by Gasteiger charge is -2.26. The topological polar surface area (TPSA) is 50.7 Å². The van der Waals surface area contributed by atoms with E-state index < -0.39 is 0 Å². The molecular weight excluding hydrogens is 260 g/mol. The second-order valence-electron chi connectivity index (χ2n) is 5.41. The number of aryl methyl sites for hydroxylation is 1. The molecule has 0 bridgehead atoms. The van der Waals surface area contributed by atoms with Gasteiger partial charge in [0.05, 0.1) is 11.6 Å². The van der Waals surface area contributed by atoms with Crippen molar-refractivity contribution in [2.24, 2.45) is 0 Å². The average Bonchev–Trinajstić information content (AvgIpc) is 2.55. The van der Waals surface area contributed by atoms with Gasteiger partial charge in [0.1, 0.15) is 5.52 Å². The normalized spacial score (nSPS) is 17.4. The molecule has 0 radical (unpaired) electrons. The maximum Gasteiger partial charge on any atom is 0.243 e. The van der Waals surface area contributed by atoms with Crippen molar-refractivity contribution in [1.82, 2.24) is 15.2 Å². The number of nitrogens with one attached hydrogen (secondary N) is 1. The van der Waals surface area contributed by atoms with Crippen molar-refractivity contribution in [3.8, 4) is 0 Å². The second-order valence-corrected chi connectivity index (χ2v) is 5.41. The Kier molecular flexibility index (Phi) is 2.99. The molecule has 1 aromatic heterocycles. The highest BCUT2D eigenvalue weighted by atomic mass is 15.2. The third-order valence-corrected chi connectivity index (χ3v) is 4.03. The van der Waals surface area contributed by atoms with Crippen LogP contribution in [0.25, 0.3) is 11.0 Å². The standard InChI is InChI=1S/C17H16N4/c1-2-8-13-12(6-1)7-5-11-14(13)18-17-19-15-9-3-4-10-16(15)20-21-17/h1-4,6,8-10,14H,5,7,11H2,(H,18,19,21). The average molecular weight is 276 g/mol. The molecule has 0 saturated heterocycles. The third-order valence-electron chi connectivity index (χ3n) is 4.03. The van der Waals surface area contributed by atoms with Crippen molar-refractivity contribution < 1.29 is 0 Å². The summed E-state index contributed by atoms with van der Waals surface area (Å²) in [6, 6.07) is 16.7. The van der Waals surface area contributed by atoms with Gasteiger partial charge in [-0.15, -0.1) is 10.2 Å². The van der Waals surface area contributed by atoms with E-state index in [0.717, 1.165) is 23.9 Å². The molecule has 1 atom stereocenters. The number of hydrogen-bond acceptors (Lipinski definition) is 4. The number of aromatic nitrogens is 3. The van der Waals surface area contributed by atoms with E-state index in [-0.39, 0.29) is 6.04 Å². The first kappa shape index (κ1) is 12.3. The maximum atomic E-state index is 4.56. The lowest BCUT2D eigenvalue weighted by atomic mass is 9.88. The summed E-state index contributed by atoms with van der Waals surface area (Å²) in [7, 11) is 0. The van der Waals surface area contributed by atoms with Gasteiger partial charge in [0.25, 0.3) is 0 Å². The maximum absolute atomic E-state index is 4.56. The van der Waals surface area contributed by atoms with Crippen molar-refractivity contribution in [2.75, 3.05) is 5.32 Å². The Morgan fingerprint density at radius 2 is 1.71 bits per heavy atom. The Morgan fingerprint density at radius 1 is 0.905 bits per heavy atom. The van der Waals surface area contributed by atoms with Gasteiger partial charge in [-0.3, -0.25) is 0 Å². The van der Waals surface area contributed by atoms with Gasteiger partial charge >= 0.3 is 0 Å². The minimum Gasteiger partial charge on any atom is -0.346 e. The van der Waals surface area contributed by atoms with Crippen LogP contribution in [0.1, 0.15) is 30.0 Å².